The molecule has 0 atom stereocenters. The SMILES string of the molecule is CCc1c(C2C(C)(C)C2(C)C)noc1N. The number of aromatic nitrogens is 1. The molecule has 0 saturated heterocycles. The molecule has 3 nitrogen and oxygen atoms in total. The van der Waals surface area contributed by atoms with Gasteiger partial charge in [-0.3, -0.25) is 0 Å². The number of nitrogens with two attached hydrogens (primary N) is 1. The third kappa shape index (κ3) is 1.15. The number of rotatable bonds is 2. The lowest BCUT2D eigenvalue weighted by Gasteiger charge is -2.03. The van der Waals surface area contributed by atoms with E-state index in [1.54, 1.807) is 0 Å². The highest BCUT2D eigenvalue weighted by molar-refractivity contribution is 5.45. The minimum absolute atomic E-state index is 0.292. The Labute approximate surface area is 91.0 Å². The van der Waals surface area contributed by atoms with Crippen molar-refractivity contribution in [2.45, 2.75) is 47.0 Å². The van der Waals surface area contributed by atoms with Crippen molar-refractivity contribution in [3.05, 3.63) is 11.3 Å². The van der Waals surface area contributed by atoms with E-state index in [1.165, 1.54) is 0 Å². The molecular formula is C12H20N2O. The summed E-state index contributed by atoms with van der Waals surface area (Å²) >= 11 is 0. The Hall–Kier alpha value is -0.990. The molecule has 1 aromatic rings. The second kappa shape index (κ2) is 2.77. The Bertz CT molecular complexity index is 376. The summed E-state index contributed by atoms with van der Waals surface area (Å²) < 4.78 is 5.10. The van der Waals surface area contributed by atoms with Gasteiger partial charge in [-0.05, 0) is 17.3 Å². The summed E-state index contributed by atoms with van der Waals surface area (Å²) in [6.45, 7) is 11.2. The van der Waals surface area contributed by atoms with Crippen LogP contribution in [0.25, 0.3) is 0 Å². The normalized spacial score (nSPS) is 23.0. The fourth-order valence-electron chi connectivity index (χ4n) is 2.80. The lowest BCUT2D eigenvalue weighted by atomic mass is 10.0. The number of hydrogen-bond donors (Lipinski definition) is 1. The number of hydrogen-bond acceptors (Lipinski definition) is 3. The van der Waals surface area contributed by atoms with Gasteiger partial charge in [-0.2, -0.15) is 0 Å². The predicted octanol–water partition coefficient (Wildman–Crippen LogP) is 2.97. The fourth-order valence-corrected chi connectivity index (χ4v) is 2.80. The average molecular weight is 208 g/mol. The van der Waals surface area contributed by atoms with Gasteiger partial charge in [-0.1, -0.05) is 39.8 Å². The maximum atomic E-state index is 5.77. The molecule has 3 heteroatoms. The Balaban J connectivity index is 2.41. The molecular weight excluding hydrogens is 188 g/mol. The summed E-state index contributed by atoms with van der Waals surface area (Å²) in [7, 11) is 0. The van der Waals surface area contributed by atoms with Gasteiger partial charge < -0.3 is 10.3 Å². The van der Waals surface area contributed by atoms with Crippen LogP contribution in [0.1, 0.15) is 51.8 Å². The van der Waals surface area contributed by atoms with Gasteiger partial charge in [0.2, 0.25) is 5.88 Å². The topological polar surface area (TPSA) is 52.0 Å². The first-order chi connectivity index (χ1) is 6.84. The maximum Gasteiger partial charge on any atom is 0.225 e. The van der Waals surface area contributed by atoms with Crippen molar-refractivity contribution in [1.29, 1.82) is 0 Å². The van der Waals surface area contributed by atoms with E-state index in [1.807, 2.05) is 0 Å². The standard InChI is InChI=1S/C12H20N2O/c1-6-7-8(14-15-10(7)13)9-11(2,3)12(9,4)5/h9H,6,13H2,1-5H3. The molecule has 0 radical (unpaired) electrons. The number of nitrogen functional groups attached to an aromatic ring is 1. The third-order valence-corrected chi connectivity index (χ3v) is 4.50. The van der Waals surface area contributed by atoms with Crippen LogP contribution in [0.5, 0.6) is 0 Å². The van der Waals surface area contributed by atoms with Gasteiger partial charge in [0.05, 0.1) is 5.69 Å². The molecule has 1 heterocycles. The van der Waals surface area contributed by atoms with Crippen LogP contribution in [0, 0.1) is 10.8 Å². The Morgan fingerprint density at radius 2 is 1.80 bits per heavy atom. The van der Waals surface area contributed by atoms with Crippen molar-refractivity contribution in [1.82, 2.24) is 5.16 Å². The summed E-state index contributed by atoms with van der Waals surface area (Å²) in [5.41, 5.74) is 8.52. The van der Waals surface area contributed by atoms with Gasteiger partial charge in [0.1, 0.15) is 0 Å². The van der Waals surface area contributed by atoms with E-state index in [0.717, 1.165) is 17.7 Å². The van der Waals surface area contributed by atoms with Crippen LogP contribution in [0.3, 0.4) is 0 Å². The average Bonchev–Trinajstić information content (AvgIpc) is 2.44. The molecule has 1 aliphatic rings. The molecule has 1 aliphatic carbocycles. The molecule has 0 aromatic carbocycles. The monoisotopic (exact) mass is 208 g/mol. The molecule has 0 amide bonds. The summed E-state index contributed by atoms with van der Waals surface area (Å²) in [5, 5.41) is 4.14. The van der Waals surface area contributed by atoms with E-state index >= 15 is 0 Å². The highest BCUT2D eigenvalue weighted by atomic mass is 16.5. The summed E-state index contributed by atoms with van der Waals surface area (Å²) in [6.07, 6.45) is 0.896. The van der Waals surface area contributed by atoms with Crippen LogP contribution in [-0.4, -0.2) is 5.16 Å². The summed E-state index contributed by atoms with van der Waals surface area (Å²) in [4.78, 5) is 0. The van der Waals surface area contributed by atoms with Gasteiger partial charge in [0.15, 0.2) is 0 Å². The molecule has 1 fully saturated rings. The second-order valence-corrected chi connectivity index (χ2v) is 5.64. The fraction of sp³-hybridized carbons (Fsp3) is 0.750. The largest absolute Gasteiger partial charge is 0.367 e. The Morgan fingerprint density at radius 1 is 1.27 bits per heavy atom. The van der Waals surface area contributed by atoms with Crippen LogP contribution < -0.4 is 5.73 Å². The first-order valence-corrected chi connectivity index (χ1v) is 5.58. The Morgan fingerprint density at radius 3 is 2.20 bits per heavy atom. The van der Waals surface area contributed by atoms with Crippen LogP contribution in [0.2, 0.25) is 0 Å². The van der Waals surface area contributed by atoms with Crippen molar-refractivity contribution in [3.8, 4) is 0 Å². The number of nitrogens with zero attached hydrogens (tertiary/aromatic N) is 1. The predicted molar refractivity (Wildman–Crippen MR) is 60.6 cm³/mol. The van der Waals surface area contributed by atoms with E-state index in [4.69, 9.17) is 10.3 Å². The molecule has 2 N–H and O–H groups in total. The van der Waals surface area contributed by atoms with E-state index in [-0.39, 0.29) is 0 Å². The van der Waals surface area contributed by atoms with Gasteiger partial charge >= 0.3 is 0 Å². The highest BCUT2D eigenvalue weighted by Crippen LogP contribution is 2.73. The Kier molecular flexibility index (Phi) is 1.95. The lowest BCUT2D eigenvalue weighted by molar-refractivity contribution is 0.423. The molecule has 84 valence electrons. The lowest BCUT2D eigenvalue weighted by Crippen LogP contribution is -1.95. The van der Waals surface area contributed by atoms with Crippen LogP contribution in [-0.2, 0) is 6.42 Å². The van der Waals surface area contributed by atoms with Gasteiger partial charge in [0, 0.05) is 11.5 Å². The van der Waals surface area contributed by atoms with E-state index in [2.05, 4.69) is 39.8 Å². The van der Waals surface area contributed by atoms with Crippen molar-refractivity contribution in [2.75, 3.05) is 5.73 Å². The van der Waals surface area contributed by atoms with Crippen molar-refractivity contribution >= 4 is 5.88 Å². The second-order valence-electron chi connectivity index (χ2n) is 5.64. The first kappa shape index (κ1) is 10.5. The van der Waals surface area contributed by atoms with E-state index < -0.39 is 0 Å². The minimum atomic E-state index is 0.292. The van der Waals surface area contributed by atoms with Crippen LogP contribution in [0.4, 0.5) is 5.88 Å². The van der Waals surface area contributed by atoms with Gasteiger partial charge in [-0.25, -0.2) is 0 Å². The molecule has 15 heavy (non-hydrogen) atoms. The van der Waals surface area contributed by atoms with Crippen molar-refractivity contribution < 1.29 is 4.52 Å². The van der Waals surface area contributed by atoms with Crippen LogP contribution >= 0.6 is 0 Å². The highest BCUT2D eigenvalue weighted by Gasteiger charge is 2.66. The smallest absolute Gasteiger partial charge is 0.225 e. The van der Waals surface area contributed by atoms with Crippen molar-refractivity contribution in [3.63, 3.8) is 0 Å². The molecule has 0 aliphatic heterocycles. The molecule has 1 saturated carbocycles. The maximum absolute atomic E-state index is 5.77. The van der Waals surface area contributed by atoms with E-state index in [9.17, 15) is 0 Å². The zero-order valence-electron chi connectivity index (χ0n) is 10.2. The molecule has 1 aromatic heterocycles. The number of anilines is 1. The first-order valence-electron chi connectivity index (χ1n) is 5.58. The summed E-state index contributed by atoms with van der Waals surface area (Å²) in [6, 6.07) is 0. The van der Waals surface area contributed by atoms with Gasteiger partial charge in [0.25, 0.3) is 0 Å². The van der Waals surface area contributed by atoms with Crippen LogP contribution in [0.15, 0.2) is 4.52 Å². The molecule has 2 rings (SSSR count). The molecule has 0 unspecified atom stereocenters. The van der Waals surface area contributed by atoms with E-state index in [0.29, 0.717) is 22.6 Å². The molecule has 0 bridgehead atoms. The summed E-state index contributed by atoms with van der Waals surface area (Å²) in [5.74, 6) is 0.965. The third-order valence-electron chi connectivity index (χ3n) is 4.50. The van der Waals surface area contributed by atoms with Crippen molar-refractivity contribution in [2.24, 2.45) is 10.8 Å². The zero-order valence-corrected chi connectivity index (χ0v) is 10.2. The zero-order chi connectivity index (χ0) is 11.4. The molecule has 0 spiro atoms. The quantitative estimate of drug-likeness (QED) is 0.813. The minimum Gasteiger partial charge on any atom is -0.367 e. The van der Waals surface area contributed by atoms with Gasteiger partial charge in [-0.15, -0.1) is 0 Å².